The lowest BCUT2D eigenvalue weighted by Gasteiger charge is -2.07. The number of aryl methyl sites for hydroxylation is 1. The Labute approximate surface area is 140 Å². The molecule has 3 aromatic rings. The van der Waals surface area contributed by atoms with Crippen molar-refractivity contribution in [2.24, 2.45) is 0 Å². The second-order valence-corrected chi connectivity index (χ2v) is 5.36. The number of hydrogen-bond donors (Lipinski definition) is 0. The highest BCUT2D eigenvalue weighted by Crippen LogP contribution is 2.18. The molecule has 0 N–H and O–H groups in total. The van der Waals surface area contributed by atoms with Gasteiger partial charge in [-0.25, -0.2) is 4.79 Å². The molecule has 2 aromatic carbocycles. The van der Waals surface area contributed by atoms with Crippen LogP contribution in [0.1, 0.15) is 12.6 Å². The fraction of sp³-hybridized carbons (Fsp3) is 0.211. The van der Waals surface area contributed by atoms with Crippen LogP contribution in [0.3, 0.4) is 0 Å². The Hall–Kier alpha value is -2.95. The van der Waals surface area contributed by atoms with E-state index in [0.717, 1.165) is 35.0 Å². The topological polar surface area (TPSA) is 45.4 Å². The van der Waals surface area contributed by atoms with Gasteiger partial charge in [-0.15, -0.1) is 0 Å². The molecule has 0 aliphatic heterocycles. The summed E-state index contributed by atoms with van der Waals surface area (Å²) < 4.78 is 13.7. The zero-order valence-corrected chi connectivity index (χ0v) is 14.0. The zero-order valence-electron chi connectivity index (χ0n) is 14.0. The first kappa shape index (κ1) is 15.9. The van der Waals surface area contributed by atoms with Crippen LogP contribution in [0.5, 0.6) is 11.5 Å². The maximum Gasteiger partial charge on any atom is 0.337 e. The first-order valence-corrected chi connectivity index (χ1v) is 7.80. The molecule has 0 radical (unpaired) electrons. The van der Waals surface area contributed by atoms with Gasteiger partial charge in [-0.1, -0.05) is 6.92 Å². The van der Waals surface area contributed by atoms with E-state index < -0.39 is 0 Å². The molecule has 5 heteroatoms. The quantitative estimate of drug-likeness (QED) is 0.724. The molecular weight excluding hydrogens is 304 g/mol. The standard InChI is InChI=1S/C19H20N2O3/c1-4-14-13-20(15-5-9-17(23-2)10-6-15)19(22)21(14)16-7-11-18(24-3)12-8-16/h5-13H,4H2,1-3H3. The number of nitrogens with zero attached hydrogens (tertiary/aromatic N) is 2. The predicted octanol–water partition coefficient (Wildman–Crippen LogP) is 3.21. The smallest absolute Gasteiger partial charge is 0.337 e. The van der Waals surface area contributed by atoms with Crippen molar-refractivity contribution in [2.45, 2.75) is 13.3 Å². The summed E-state index contributed by atoms with van der Waals surface area (Å²) >= 11 is 0. The molecule has 1 heterocycles. The van der Waals surface area contributed by atoms with E-state index in [2.05, 4.69) is 0 Å². The Morgan fingerprint density at radius 3 is 1.79 bits per heavy atom. The third-order valence-electron chi connectivity index (χ3n) is 4.01. The van der Waals surface area contributed by atoms with Gasteiger partial charge in [0.05, 0.1) is 25.6 Å². The molecule has 0 spiro atoms. The number of aromatic nitrogens is 2. The van der Waals surface area contributed by atoms with E-state index in [4.69, 9.17) is 9.47 Å². The van der Waals surface area contributed by atoms with Crippen LogP contribution < -0.4 is 15.2 Å². The number of hydrogen-bond acceptors (Lipinski definition) is 3. The van der Waals surface area contributed by atoms with E-state index in [0.29, 0.717) is 0 Å². The van der Waals surface area contributed by atoms with Crippen LogP contribution in [0.2, 0.25) is 0 Å². The highest BCUT2D eigenvalue weighted by Gasteiger charge is 2.13. The van der Waals surface area contributed by atoms with Crippen molar-refractivity contribution in [1.29, 1.82) is 0 Å². The van der Waals surface area contributed by atoms with Crippen LogP contribution in [0.15, 0.2) is 59.5 Å². The summed E-state index contributed by atoms with van der Waals surface area (Å²) in [6.45, 7) is 2.03. The maximum absolute atomic E-state index is 12.9. The summed E-state index contributed by atoms with van der Waals surface area (Å²) in [7, 11) is 3.25. The normalized spacial score (nSPS) is 10.6. The van der Waals surface area contributed by atoms with E-state index in [-0.39, 0.29) is 5.69 Å². The first-order chi connectivity index (χ1) is 11.7. The molecule has 5 nitrogen and oxygen atoms in total. The molecule has 0 bridgehead atoms. The second kappa shape index (κ2) is 6.66. The predicted molar refractivity (Wildman–Crippen MR) is 93.8 cm³/mol. The minimum absolute atomic E-state index is 0.0952. The van der Waals surface area contributed by atoms with Crippen LogP contribution in [0, 0.1) is 0 Å². The average molecular weight is 324 g/mol. The maximum atomic E-state index is 12.9. The van der Waals surface area contributed by atoms with Gasteiger partial charge in [0.15, 0.2) is 0 Å². The minimum atomic E-state index is -0.0952. The van der Waals surface area contributed by atoms with Gasteiger partial charge in [0, 0.05) is 11.9 Å². The molecule has 0 amide bonds. The van der Waals surface area contributed by atoms with Crippen LogP contribution in [0.4, 0.5) is 0 Å². The third kappa shape index (κ3) is 2.80. The second-order valence-electron chi connectivity index (χ2n) is 5.36. The molecule has 0 fully saturated rings. The Kier molecular flexibility index (Phi) is 4.42. The van der Waals surface area contributed by atoms with Crippen LogP contribution in [-0.2, 0) is 6.42 Å². The Morgan fingerprint density at radius 1 is 0.833 bits per heavy atom. The van der Waals surface area contributed by atoms with Gasteiger partial charge in [-0.2, -0.15) is 0 Å². The van der Waals surface area contributed by atoms with Gasteiger partial charge < -0.3 is 9.47 Å². The SMILES string of the molecule is CCc1cn(-c2ccc(OC)cc2)c(=O)n1-c1ccc(OC)cc1. The fourth-order valence-electron chi connectivity index (χ4n) is 2.68. The first-order valence-electron chi connectivity index (χ1n) is 7.80. The van der Waals surface area contributed by atoms with Gasteiger partial charge in [0.2, 0.25) is 0 Å². The van der Waals surface area contributed by atoms with Crippen molar-refractivity contribution in [2.75, 3.05) is 14.2 Å². The molecule has 24 heavy (non-hydrogen) atoms. The molecule has 0 aliphatic carbocycles. The molecule has 0 aliphatic rings. The molecular formula is C19H20N2O3. The Balaban J connectivity index is 2.09. The highest BCUT2D eigenvalue weighted by atomic mass is 16.5. The fourth-order valence-corrected chi connectivity index (χ4v) is 2.68. The van der Waals surface area contributed by atoms with Gasteiger partial charge in [-0.05, 0) is 55.0 Å². The summed E-state index contributed by atoms with van der Waals surface area (Å²) in [5, 5.41) is 0. The van der Waals surface area contributed by atoms with Crippen molar-refractivity contribution in [3.63, 3.8) is 0 Å². The lowest BCUT2D eigenvalue weighted by Crippen LogP contribution is -2.22. The van der Waals surface area contributed by atoms with E-state index in [1.54, 1.807) is 23.4 Å². The summed E-state index contributed by atoms with van der Waals surface area (Å²) in [5.41, 5.74) is 2.48. The highest BCUT2D eigenvalue weighted by molar-refractivity contribution is 5.42. The Bertz CT molecular complexity index is 874. The number of ether oxygens (including phenoxy) is 2. The van der Waals surface area contributed by atoms with Crippen molar-refractivity contribution in [3.8, 4) is 22.9 Å². The van der Waals surface area contributed by atoms with Crippen LogP contribution in [0.25, 0.3) is 11.4 Å². The van der Waals surface area contributed by atoms with E-state index in [9.17, 15) is 4.79 Å². The number of methoxy groups -OCH3 is 2. The van der Waals surface area contributed by atoms with Gasteiger partial charge in [-0.3, -0.25) is 9.13 Å². The lowest BCUT2D eigenvalue weighted by atomic mass is 10.2. The van der Waals surface area contributed by atoms with Gasteiger partial charge >= 0.3 is 5.69 Å². The molecule has 0 unspecified atom stereocenters. The molecule has 0 atom stereocenters. The number of rotatable bonds is 5. The van der Waals surface area contributed by atoms with Crippen molar-refractivity contribution >= 4 is 0 Å². The van der Waals surface area contributed by atoms with Crippen LogP contribution in [-0.4, -0.2) is 23.4 Å². The van der Waals surface area contributed by atoms with Crippen molar-refractivity contribution in [1.82, 2.24) is 9.13 Å². The Morgan fingerprint density at radius 2 is 1.33 bits per heavy atom. The minimum Gasteiger partial charge on any atom is -0.497 e. The lowest BCUT2D eigenvalue weighted by molar-refractivity contribution is 0.414. The molecule has 0 saturated carbocycles. The molecule has 1 aromatic heterocycles. The monoisotopic (exact) mass is 324 g/mol. The average Bonchev–Trinajstić information content (AvgIpc) is 2.98. The van der Waals surface area contributed by atoms with Crippen molar-refractivity contribution < 1.29 is 9.47 Å². The number of imidazole rings is 1. The van der Waals surface area contributed by atoms with Crippen LogP contribution >= 0.6 is 0 Å². The summed E-state index contributed by atoms with van der Waals surface area (Å²) in [5.74, 6) is 1.52. The summed E-state index contributed by atoms with van der Waals surface area (Å²) in [6.07, 6.45) is 2.64. The molecule has 0 saturated heterocycles. The van der Waals surface area contributed by atoms with Gasteiger partial charge in [0.1, 0.15) is 11.5 Å². The zero-order chi connectivity index (χ0) is 17.1. The summed E-state index contributed by atoms with van der Waals surface area (Å²) in [4.78, 5) is 12.9. The summed E-state index contributed by atoms with van der Waals surface area (Å²) in [6, 6.07) is 14.9. The van der Waals surface area contributed by atoms with E-state index in [1.807, 2.05) is 61.7 Å². The van der Waals surface area contributed by atoms with E-state index in [1.165, 1.54) is 0 Å². The largest absolute Gasteiger partial charge is 0.497 e. The number of benzene rings is 2. The third-order valence-corrected chi connectivity index (χ3v) is 4.01. The van der Waals surface area contributed by atoms with E-state index >= 15 is 0 Å². The van der Waals surface area contributed by atoms with Gasteiger partial charge in [0.25, 0.3) is 0 Å². The van der Waals surface area contributed by atoms with Crippen molar-refractivity contribution in [3.05, 3.63) is 70.9 Å². The molecule has 3 rings (SSSR count). The molecule has 124 valence electrons.